The van der Waals surface area contributed by atoms with E-state index in [9.17, 15) is 9.50 Å². The van der Waals surface area contributed by atoms with Crippen molar-refractivity contribution in [3.63, 3.8) is 0 Å². The molecular weight excluding hydrogens is 471 g/mol. The van der Waals surface area contributed by atoms with Gasteiger partial charge in [-0.25, -0.2) is 4.39 Å². The zero-order valence-electron chi connectivity index (χ0n) is 16.1. The zero-order chi connectivity index (χ0) is 21.3. The Balaban J connectivity index is 1.78. The third-order valence-corrected chi connectivity index (χ3v) is 5.96. The minimum atomic E-state index is -0.420. The van der Waals surface area contributed by atoms with E-state index in [2.05, 4.69) is 21.2 Å². The molecule has 4 rings (SSSR count). The average molecular weight is 490 g/mol. The van der Waals surface area contributed by atoms with Gasteiger partial charge in [-0.3, -0.25) is 10.3 Å². The predicted molar refractivity (Wildman–Crippen MR) is 120 cm³/mol. The summed E-state index contributed by atoms with van der Waals surface area (Å²) in [6.45, 7) is 0. The lowest BCUT2D eigenvalue weighted by molar-refractivity contribution is 0.360. The number of benzene rings is 3. The van der Waals surface area contributed by atoms with Gasteiger partial charge >= 0.3 is 0 Å². The van der Waals surface area contributed by atoms with Gasteiger partial charge in [0.15, 0.2) is 11.5 Å². The van der Waals surface area contributed by atoms with Crippen molar-refractivity contribution < 1.29 is 14.2 Å². The molecule has 1 heterocycles. The van der Waals surface area contributed by atoms with Crippen LogP contribution in [-0.4, -0.2) is 17.9 Å². The monoisotopic (exact) mass is 488 g/mol. The molecule has 0 bridgehead atoms. The second-order valence-electron chi connectivity index (χ2n) is 6.98. The Morgan fingerprint density at radius 2 is 1.93 bits per heavy atom. The minimum Gasteiger partial charge on any atom is -0.504 e. The lowest BCUT2D eigenvalue weighted by Crippen LogP contribution is -2.33. The van der Waals surface area contributed by atoms with Crippen LogP contribution in [0.5, 0.6) is 11.5 Å². The molecule has 2 unspecified atom stereocenters. The van der Waals surface area contributed by atoms with Gasteiger partial charge in [0.1, 0.15) is 12.0 Å². The molecule has 1 aliphatic rings. The third kappa shape index (κ3) is 4.21. The first-order valence-corrected chi connectivity index (χ1v) is 10.5. The van der Waals surface area contributed by atoms with E-state index in [-0.39, 0.29) is 17.6 Å². The number of aromatic hydroxyl groups is 1. The molecule has 0 aliphatic carbocycles. The van der Waals surface area contributed by atoms with Crippen LogP contribution in [0.15, 0.2) is 70.1 Å². The molecule has 2 atom stereocenters. The van der Waals surface area contributed by atoms with E-state index >= 15 is 0 Å². The number of methoxy groups -OCH3 is 1. The van der Waals surface area contributed by atoms with Crippen LogP contribution in [-0.2, 0) is 0 Å². The third-order valence-electron chi connectivity index (χ3n) is 5.10. The van der Waals surface area contributed by atoms with E-state index in [1.165, 1.54) is 13.2 Å². The molecule has 0 saturated heterocycles. The van der Waals surface area contributed by atoms with Gasteiger partial charge < -0.3 is 9.84 Å². The summed E-state index contributed by atoms with van der Waals surface area (Å²) in [6, 6.07) is 17.5. The largest absolute Gasteiger partial charge is 0.504 e. The molecule has 1 aliphatic heterocycles. The quantitative estimate of drug-likeness (QED) is 0.460. The van der Waals surface area contributed by atoms with Crippen LogP contribution in [0, 0.1) is 5.82 Å². The van der Waals surface area contributed by atoms with Crippen molar-refractivity contribution in [2.45, 2.75) is 18.6 Å². The molecule has 7 heteroatoms. The second kappa shape index (κ2) is 8.76. The smallest absolute Gasteiger partial charge is 0.162 e. The molecule has 154 valence electrons. The maximum absolute atomic E-state index is 13.8. The molecule has 0 saturated carbocycles. The highest BCUT2D eigenvalue weighted by Gasteiger charge is 2.28. The second-order valence-corrected chi connectivity index (χ2v) is 8.27. The van der Waals surface area contributed by atoms with Gasteiger partial charge in [0.25, 0.3) is 0 Å². The lowest BCUT2D eigenvalue weighted by atomic mass is 9.93. The van der Waals surface area contributed by atoms with Gasteiger partial charge in [-0.1, -0.05) is 41.9 Å². The van der Waals surface area contributed by atoms with Crippen LogP contribution in [0.25, 0.3) is 0 Å². The fourth-order valence-electron chi connectivity index (χ4n) is 3.56. The summed E-state index contributed by atoms with van der Waals surface area (Å²) in [5.41, 5.74) is 3.33. The standard InChI is InChI=1S/C23H19BrClFN2O2/c1-30-21-4-2-3-16(22(21)29)20-12-19(13-5-8-15(25)9-6-13)27-23(28-20)14-7-10-18(26)17(24)11-14/h2-11,20,23,28-29H,12H2,1H3. The SMILES string of the molecule is COc1cccc(C2CC(c3ccc(Cl)cc3)=NC(c3ccc(F)c(Br)c3)N2)c1O. The van der Waals surface area contributed by atoms with Crippen molar-refractivity contribution in [1.29, 1.82) is 0 Å². The van der Waals surface area contributed by atoms with Crippen molar-refractivity contribution in [2.24, 2.45) is 4.99 Å². The number of halogens is 3. The maximum atomic E-state index is 13.8. The van der Waals surface area contributed by atoms with Crippen molar-refractivity contribution in [3.8, 4) is 11.5 Å². The fourth-order valence-corrected chi connectivity index (χ4v) is 4.08. The molecule has 2 N–H and O–H groups in total. The number of hydrogen-bond acceptors (Lipinski definition) is 4. The van der Waals surface area contributed by atoms with Gasteiger partial charge in [0, 0.05) is 28.8 Å². The Labute approximate surface area is 187 Å². The summed E-state index contributed by atoms with van der Waals surface area (Å²) in [5.74, 6) is 0.165. The number of phenolic OH excluding ortho intramolecular Hbond substituents is 1. The Morgan fingerprint density at radius 3 is 2.63 bits per heavy atom. The van der Waals surface area contributed by atoms with E-state index in [0.29, 0.717) is 27.2 Å². The van der Waals surface area contributed by atoms with Crippen LogP contribution in [0.1, 0.15) is 35.3 Å². The summed E-state index contributed by atoms with van der Waals surface area (Å²) in [4.78, 5) is 4.88. The first-order chi connectivity index (χ1) is 14.5. The molecular formula is C23H19BrClFN2O2. The normalized spacial score (nSPS) is 18.7. The van der Waals surface area contributed by atoms with E-state index < -0.39 is 6.17 Å². The number of aliphatic imine (C=N–C) groups is 1. The van der Waals surface area contributed by atoms with E-state index in [4.69, 9.17) is 21.3 Å². The predicted octanol–water partition coefficient (Wildman–Crippen LogP) is 6.18. The number of rotatable bonds is 4. The summed E-state index contributed by atoms with van der Waals surface area (Å²) < 4.78 is 19.4. The minimum absolute atomic E-state index is 0.0916. The van der Waals surface area contributed by atoms with Gasteiger partial charge in [0.05, 0.1) is 11.6 Å². The van der Waals surface area contributed by atoms with Crippen LogP contribution in [0.4, 0.5) is 4.39 Å². The van der Waals surface area contributed by atoms with Crippen LogP contribution in [0.3, 0.4) is 0 Å². The number of hydrogen-bond donors (Lipinski definition) is 2. The highest BCUT2D eigenvalue weighted by atomic mass is 79.9. The molecule has 4 nitrogen and oxygen atoms in total. The highest BCUT2D eigenvalue weighted by molar-refractivity contribution is 9.10. The summed E-state index contributed by atoms with van der Waals surface area (Å²) in [5, 5.41) is 14.8. The number of para-hydroxylation sites is 1. The van der Waals surface area contributed by atoms with Crippen LogP contribution < -0.4 is 10.1 Å². The molecule has 3 aromatic rings. The molecule has 30 heavy (non-hydrogen) atoms. The van der Waals surface area contributed by atoms with E-state index in [1.807, 2.05) is 36.4 Å². The number of nitrogens with zero attached hydrogens (tertiary/aromatic N) is 1. The molecule has 0 fully saturated rings. The zero-order valence-corrected chi connectivity index (χ0v) is 18.4. The maximum Gasteiger partial charge on any atom is 0.162 e. The molecule has 3 aromatic carbocycles. The average Bonchev–Trinajstić information content (AvgIpc) is 2.76. The summed E-state index contributed by atoms with van der Waals surface area (Å²) in [7, 11) is 1.52. The van der Waals surface area contributed by atoms with Gasteiger partial charge in [0.2, 0.25) is 0 Å². The fraction of sp³-hybridized carbons (Fsp3) is 0.174. The first-order valence-electron chi connectivity index (χ1n) is 9.35. The molecule has 0 radical (unpaired) electrons. The Morgan fingerprint density at radius 1 is 1.17 bits per heavy atom. The summed E-state index contributed by atoms with van der Waals surface area (Å²) >= 11 is 9.29. The topological polar surface area (TPSA) is 53.8 Å². The molecule has 0 amide bonds. The van der Waals surface area contributed by atoms with Gasteiger partial charge in [-0.2, -0.15) is 0 Å². The Bertz CT molecular complexity index is 1100. The van der Waals surface area contributed by atoms with Crippen molar-refractivity contribution in [3.05, 3.63) is 92.7 Å². The van der Waals surface area contributed by atoms with E-state index in [1.54, 1.807) is 18.2 Å². The summed E-state index contributed by atoms with van der Waals surface area (Å²) in [6.07, 6.45) is 0.137. The molecule has 0 spiro atoms. The van der Waals surface area contributed by atoms with Crippen molar-refractivity contribution >= 4 is 33.2 Å². The van der Waals surface area contributed by atoms with Gasteiger partial charge in [-0.15, -0.1) is 0 Å². The highest BCUT2D eigenvalue weighted by Crippen LogP contribution is 2.39. The van der Waals surface area contributed by atoms with Gasteiger partial charge in [-0.05, 0) is 57.4 Å². The van der Waals surface area contributed by atoms with Crippen LogP contribution in [0.2, 0.25) is 5.02 Å². The number of nitrogens with one attached hydrogen (secondary N) is 1. The van der Waals surface area contributed by atoms with Crippen LogP contribution >= 0.6 is 27.5 Å². The Kier molecular flexibility index (Phi) is 6.09. The van der Waals surface area contributed by atoms with Crippen molar-refractivity contribution in [2.75, 3.05) is 7.11 Å². The van der Waals surface area contributed by atoms with Crippen molar-refractivity contribution in [1.82, 2.24) is 5.32 Å². The Hall–Kier alpha value is -2.41. The number of phenols is 1. The molecule has 0 aromatic heterocycles. The number of ether oxygens (including phenoxy) is 1. The lowest BCUT2D eigenvalue weighted by Gasteiger charge is -2.31. The first kappa shape index (κ1) is 20.8. The van der Waals surface area contributed by atoms with E-state index in [0.717, 1.165) is 16.8 Å².